The second-order valence-electron chi connectivity index (χ2n) is 15.9. The Bertz CT molecular complexity index is 2310. The average Bonchev–Trinajstić information content (AvgIpc) is 4.13. The summed E-state index contributed by atoms with van der Waals surface area (Å²) in [5, 5.41) is 5.56. The molecule has 4 heterocycles. The van der Waals surface area contributed by atoms with E-state index < -0.39 is 30.1 Å². The Balaban J connectivity index is 0.905. The molecule has 0 radical (unpaired) electrons. The van der Waals surface area contributed by atoms with Crippen LogP contribution in [0.25, 0.3) is 33.6 Å². The van der Waals surface area contributed by atoms with Gasteiger partial charge in [0.05, 0.1) is 49.0 Å². The number of halogens is 3. The smallest absolute Gasteiger partial charge is 0.433 e. The fourth-order valence-electron chi connectivity index (χ4n) is 9.25. The molecule has 2 bridgehead atoms. The summed E-state index contributed by atoms with van der Waals surface area (Å²) in [7, 11) is 2.74. The second kappa shape index (κ2) is 16.9. The summed E-state index contributed by atoms with van der Waals surface area (Å²) in [6.45, 7) is 2.36. The number of carbonyl (C=O) groups is 3. The number of pyridine rings is 1. The van der Waals surface area contributed by atoms with Crippen LogP contribution in [0.3, 0.4) is 0 Å². The Kier molecular flexibility index (Phi) is 11.5. The predicted octanol–water partition coefficient (Wildman–Crippen LogP) is 7.42. The lowest BCUT2D eigenvalue weighted by molar-refractivity contribution is -0.141. The fraction of sp³-hybridized carbons (Fsp3) is 0.409. The number of methoxy groups -OCH3 is 2. The minimum Gasteiger partial charge on any atom is -0.453 e. The zero-order valence-corrected chi connectivity index (χ0v) is 33.5. The molecule has 1 saturated heterocycles. The monoisotopic (exact) mass is 824 g/mol. The van der Waals surface area contributed by atoms with Crippen LogP contribution in [0, 0.1) is 17.8 Å². The van der Waals surface area contributed by atoms with Gasteiger partial charge in [-0.25, -0.2) is 14.8 Å². The number of benzene rings is 2. The van der Waals surface area contributed by atoms with E-state index in [9.17, 15) is 27.6 Å². The number of likely N-dealkylation sites (tertiary alicyclic amines) is 1. The van der Waals surface area contributed by atoms with Gasteiger partial charge >= 0.3 is 12.3 Å². The maximum Gasteiger partial charge on any atom is 0.433 e. The first-order valence-electron chi connectivity index (χ1n) is 20.2. The summed E-state index contributed by atoms with van der Waals surface area (Å²) in [5.74, 6) is 1.30. The van der Waals surface area contributed by atoms with Crippen molar-refractivity contribution in [1.29, 1.82) is 0 Å². The number of imidazole rings is 2. The van der Waals surface area contributed by atoms with E-state index >= 15 is 0 Å². The van der Waals surface area contributed by atoms with Gasteiger partial charge in [0.25, 0.3) is 0 Å². The number of hydrogen-bond donors (Lipinski definition) is 4. The minimum absolute atomic E-state index is 0.0704. The van der Waals surface area contributed by atoms with Crippen molar-refractivity contribution in [3.8, 4) is 33.6 Å². The molecule has 8 rings (SSSR count). The first kappa shape index (κ1) is 40.7. The summed E-state index contributed by atoms with van der Waals surface area (Å²) in [6.07, 6.45) is 3.43. The lowest BCUT2D eigenvalue weighted by Gasteiger charge is -2.30. The number of rotatable bonds is 12. The van der Waals surface area contributed by atoms with Crippen LogP contribution in [-0.4, -0.2) is 80.6 Å². The van der Waals surface area contributed by atoms with Crippen molar-refractivity contribution in [2.45, 2.75) is 75.9 Å². The number of fused-ring (bicyclic) bond motifs is 2. The molecule has 7 atom stereocenters. The maximum absolute atomic E-state index is 13.6. The number of ether oxygens (including phenoxy) is 2. The molecule has 3 amide bonds. The van der Waals surface area contributed by atoms with Gasteiger partial charge in [-0.2, -0.15) is 13.2 Å². The van der Waals surface area contributed by atoms with Crippen LogP contribution in [0.1, 0.15) is 73.9 Å². The number of alkyl carbamates (subject to hydrolysis) is 1. The standard InChI is InChI=1S/C44H47F3N8O5/c1-24(59-2)38(54-43(58)60-3)42(57)55-18-4-5-34(55)39-49-22-32(52-39)28-11-7-26(8-12-28)27-9-13-29(14-10-27)33-23-50-40(53-33)36-30-15-16-31(19-30)37(36)41(56)51-21-25-6-17-35(48-20-25)44(45,46)47/h6-14,17,20,22-24,30-31,34,36-38H,4-5,15-16,18-19,21H2,1-3H3,(H,49,52)(H,50,53)(H,51,56)(H,54,58)/t24-,30?,31?,34+,36-,37-,38+/m1/s1. The second-order valence-corrected chi connectivity index (χ2v) is 15.9. The molecule has 13 nitrogen and oxygen atoms in total. The number of hydrogen-bond acceptors (Lipinski definition) is 8. The normalized spacial score (nSPS) is 22.1. The zero-order valence-electron chi connectivity index (χ0n) is 33.5. The largest absolute Gasteiger partial charge is 0.453 e. The molecule has 60 heavy (non-hydrogen) atoms. The molecule has 2 unspecified atom stereocenters. The third-order valence-corrected chi connectivity index (χ3v) is 12.5. The van der Waals surface area contributed by atoms with E-state index in [1.165, 1.54) is 20.3 Å². The number of aromatic amines is 2. The van der Waals surface area contributed by atoms with Gasteiger partial charge in [0.2, 0.25) is 11.8 Å². The summed E-state index contributed by atoms with van der Waals surface area (Å²) < 4.78 is 49.0. The van der Waals surface area contributed by atoms with Crippen LogP contribution in [0.2, 0.25) is 0 Å². The van der Waals surface area contributed by atoms with E-state index in [4.69, 9.17) is 14.5 Å². The van der Waals surface area contributed by atoms with Gasteiger partial charge in [0, 0.05) is 32.3 Å². The van der Waals surface area contributed by atoms with Crippen molar-refractivity contribution in [3.63, 3.8) is 0 Å². The van der Waals surface area contributed by atoms with E-state index in [0.717, 1.165) is 83.8 Å². The van der Waals surface area contributed by atoms with Crippen LogP contribution < -0.4 is 10.6 Å². The van der Waals surface area contributed by atoms with Crippen LogP contribution in [0.5, 0.6) is 0 Å². The van der Waals surface area contributed by atoms with Crippen molar-refractivity contribution in [1.82, 2.24) is 40.5 Å². The van der Waals surface area contributed by atoms with Crippen LogP contribution in [-0.2, 0) is 31.8 Å². The topological polar surface area (TPSA) is 167 Å². The number of nitrogens with one attached hydrogen (secondary N) is 4. The maximum atomic E-state index is 13.6. The highest BCUT2D eigenvalue weighted by atomic mass is 19.4. The molecular weight excluding hydrogens is 778 g/mol. The number of amides is 3. The molecule has 2 aromatic carbocycles. The Morgan fingerprint density at radius 2 is 1.43 bits per heavy atom. The molecule has 3 aromatic heterocycles. The van der Waals surface area contributed by atoms with Crippen molar-refractivity contribution < 1.29 is 37.0 Å². The summed E-state index contributed by atoms with van der Waals surface area (Å²) >= 11 is 0. The van der Waals surface area contributed by atoms with Gasteiger partial charge in [0.1, 0.15) is 23.4 Å². The molecule has 3 aliphatic rings. The molecule has 4 N–H and O–H groups in total. The van der Waals surface area contributed by atoms with Crippen molar-refractivity contribution in [3.05, 3.63) is 102 Å². The predicted molar refractivity (Wildman–Crippen MR) is 215 cm³/mol. The van der Waals surface area contributed by atoms with Gasteiger partial charge in [-0.1, -0.05) is 54.6 Å². The van der Waals surface area contributed by atoms with E-state index in [1.807, 2.05) is 42.6 Å². The molecule has 2 saturated carbocycles. The molecule has 2 aliphatic carbocycles. The third kappa shape index (κ3) is 8.24. The molecule has 3 fully saturated rings. The Morgan fingerprint density at radius 1 is 0.817 bits per heavy atom. The van der Waals surface area contributed by atoms with Crippen molar-refractivity contribution in [2.75, 3.05) is 20.8 Å². The number of nitrogens with zero attached hydrogens (tertiary/aromatic N) is 4. The Hall–Kier alpha value is -6.03. The van der Waals surface area contributed by atoms with Crippen LogP contribution in [0.15, 0.2) is 79.3 Å². The summed E-state index contributed by atoms with van der Waals surface area (Å²) in [4.78, 5) is 60.8. The third-order valence-electron chi connectivity index (χ3n) is 12.5. The van der Waals surface area contributed by atoms with Crippen LogP contribution in [0.4, 0.5) is 18.0 Å². The van der Waals surface area contributed by atoms with E-state index in [-0.39, 0.29) is 42.2 Å². The van der Waals surface area contributed by atoms with Crippen molar-refractivity contribution >= 4 is 17.9 Å². The Labute approximate surface area is 344 Å². The summed E-state index contributed by atoms with van der Waals surface area (Å²) in [6, 6.07) is 17.4. The highest BCUT2D eigenvalue weighted by molar-refractivity contribution is 5.87. The molecule has 0 spiro atoms. The lowest BCUT2D eigenvalue weighted by Crippen LogP contribution is -2.54. The molecule has 16 heteroatoms. The van der Waals surface area contributed by atoms with E-state index in [0.29, 0.717) is 23.9 Å². The quantitative estimate of drug-likeness (QED) is 0.101. The average molecular weight is 825 g/mol. The van der Waals surface area contributed by atoms with E-state index in [1.54, 1.807) is 18.0 Å². The first-order chi connectivity index (χ1) is 28.9. The number of H-pyrrole nitrogens is 2. The van der Waals surface area contributed by atoms with Gasteiger partial charge in [-0.3, -0.25) is 14.6 Å². The van der Waals surface area contributed by atoms with Gasteiger partial charge in [0.15, 0.2) is 0 Å². The van der Waals surface area contributed by atoms with Gasteiger partial charge in [-0.05, 0) is 84.7 Å². The summed E-state index contributed by atoms with van der Waals surface area (Å²) in [5.41, 5.74) is 5.18. The fourth-order valence-corrected chi connectivity index (χ4v) is 9.25. The SMILES string of the molecule is COC(=O)N[C@H](C(=O)N1CCC[C@H]1c1ncc(-c2ccc(-c3ccc(-c4cnc([C@@H]5C6CCC(C6)[C@H]5C(=O)NCc5ccc(C(F)(F)F)nc5)[nH]4)cc3)cc2)[nH]1)[C@@H](C)OC. The molecule has 314 valence electrons. The lowest BCUT2D eigenvalue weighted by atomic mass is 9.78. The number of carbonyl (C=O) groups excluding carboxylic acids is 3. The number of aromatic nitrogens is 5. The first-order valence-corrected chi connectivity index (χ1v) is 20.2. The van der Waals surface area contributed by atoms with Gasteiger partial charge in [-0.15, -0.1) is 0 Å². The highest BCUT2D eigenvalue weighted by Crippen LogP contribution is 2.56. The minimum atomic E-state index is -4.52. The molecule has 5 aromatic rings. The van der Waals surface area contributed by atoms with Gasteiger partial charge < -0.3 is 35.0 Å². The zero-order chi connectivity index (χ0) is 42.1. The highest BCUT2D eigenvalue weighted by Gasteiger charge is 2.52. The van der Waals surface area contributed by atoms with Crippen molar-refractivity contribution in [2.24, 2.45) is 17.8 Å². The Morgan fingerprint density at radius 3 is 2.03 bits per heavy atom. The van der Waals surface area contributed by atoms with E-state index in [2.05, 4.69) is 42.7 Å². The molecule has 1 aliphatic heterocycles. The number of alkyl halides is 3. The molecular formula is C44H47F3N8O5. The van der Waals surface area contributed by atoms with Crippen LogP contribution >= 0.6 is 0 Å².